The van der Waals surface area contributed by atoms with Crippen LogP contribution in [0.15, 0.2) is 102 Å². The van der Waals surface area contributed by atoms with Crippen molar-refractivity contribution in [3.8, 4) is 28.7 Å². The molecule has 0 aliphatic carbocycles. The second kappa shape index (κ2) is 19.2. The highest BCUT2D eigenvalue weighted by molar-refractivity contribution is 5.91. The molecule has 2 unspecified atom stereocenters. The molecule has 11 heteroatoms. The maximum Gasteiger partial charge on any atom is 0.343 e. The molecule has 4 aromatic rings. The van der Waals surface area contributed by atoms with Gasteiger partial charge < -0.3 is 32.8 Å². The van der Waals surface area contributed by atoms with Gasteiger partial charge in [0.05, 0.1) is 44.0 Å². The topological polar surface area (TPSA) is 137 Å². The average Bonchev–Trinajstić information content (AvgIpc) is 3.66. The lowest BCUT2D eigenvalue weighted by Crippen LogP contribution is -2.26. The second-order valence-electron chi connectivity index (χ2n) is 11.2. The minimum absolute atomic E-state index is 0.222. The van der Waals surface area contributed by atoms with Crippen LogP contribution in [-0.2, 0) is 19.1 Å². The molecule has 0 fully saturated rings. The normalized spacial score (nSPS) is 12.1. The number of carbonyl (C=O) groups excluding carboxylic acids is 4. The van der Waals surface area contributed by atoms with Gasteiger partial charge in [0.15, 0.2) is 0 Å². The molecule has 0 saturated carbocycles. The van der Waals surface area contributed by atoms with Crippen LogP contribution in [0.3, 0.4) is 0 Å². The summed E-state index contributed by atoms with van der Waals surface area (Å²) in [5.41, 5.74) is 0.387. The maximum absolute atomic E-state index is 12.8. The van der Waals surface area contributed by atoms with E-state index in [1.807, 2.05) is 6.92 Å². The number of esters is 4. The van der Waals surface area contributed by atoms with Crippen molar-refractivity contribution in [2.45, 2.75) is 39.5 Å². The molecule has 0 saturated heterocycles. The number of methoxy groups -OCH3 is 1. The number of unbranched alkanes of at least 4 members (excludes halogenated alkanes) is 1. The fourth-order valence-electron chi connectivity index (χ4n) is 4.62. The Balaban J connectivity index is 1.10. The Morgan fingerprint density at radius 1 is 0.720 bits per heavy atom. The van der Waals surface area contributed by atoms with Crippen LogP contribution in [0.2, 0.25) is 0 Å². The van der Waals surface area contributed by atoms with E-state index in [-0.39, 0.29) is 24.7 Å². The van der Waals surface area contributed by atoms with E-state index in [4.69, 9.17) is 32.8 Å². The molecular formula is C39H40O11. The van der Waals surface area contributed by atoms with Gasteiger partial charge in [0.1, 0.15) is 34.5 Å². The molecule has 0 amide bonds. The van der Waals surface area contributed by atoms with Gasteiger partial charge in [-0.05, 0) is 117 Å². The van der Waals surface area contributed by atoms with Crippen LogP contribution in [0, 0.1) is 11.8 Å². The number of rotatable bonds is 18. The van der Waals surface area contributed by atoms with Crippen molar-refractivity contribution in [2.75, 3.05) is 20.3 Å². The summed E-state index contributed by atoms with van der Waals surface area (Å²) in [6.07, 6.45) is 6.23. The highest BCUT2D eigenvalue weighted by Gasteiger charge is 2.26. The van der Waals surface area contributed by atoms with Crippen molar-refractivity contribution < 1.29 is 52.0 Å². The van der Waals surface area contributed by atoms with Gasteiger partial charge in [-0.25, -0.2) is 9.59 Å². The summed E-state index contributed by atoms with van der Waals surface area (Å²) in [5.74, 6) is -0.150. The third kappa shape index (κ3) is 12.0. The first-order valence-electron chi connectivity index (χ1n) is 16.2. The third-order valence-corrected chi connectivity index (χ3v) is 7.47. The molecule has 50 heavy (non-hydrogen) atoms. The Kier molecular flexibility index (Phi) is 14.2. The Morgan fingerprint density at radius 2 is 1.32 bits per heavy atom. The summed E-state index contributed by atoms with van der Waals surface area (Å²) in [6, 6.07) is 22.9. The van der Waals surface area contributed by atoms with Crippen LogP contribution < -0.4 is 23.7 Å². The highest BCUT2D eigenvalue weighted by Crippen LogP contribution is 2.23. The second-order valence-corrected chi connectivity index (χ2v) is 11.2. The molecule has 2 atom stereocenters. The molecule has 3 aromatic carbocycles. The molecule has 0 aliphatic rings. The van der Waals surface area contributed by atoms with E-state index < -0.39 is 29.7 Å². The minimum atomic E-state index is -0.582. The first-order chi connectivity index (χ1) is 24.2. The Hall–Kier alpha value is -5.84. The number of ether oxygens (including phenoxy) is 6. The van der Waals surface area contributed by atoms with Gasteiger partial charge in [-0.2, -0.15) is 0 Å². The largest absolute Gasteiger partial charge is 0.497 e. The molecule has 0 aliphatic heterocycles. The molecule has 0 spiro atoms. The van der Waals surface area contributed by atoms with Gasteiger partial charge in [-0.1, -0.05) is 13.8 Å². The Morgan fingerprint density at radius 3 is 1.94 bits per heavy atom. The van der Waals surface area contributed by atoms with Crippen molar-refractivity contribution >= 4 is 30.0 Å². The van der Waals surface area contributed by atoms with Crippen LogP contribution in [0.25, 0.3) is 6.08 Å². The molecular weight excluding hydrogens is 644 g/mol. The lowest BCUT2D eigenvalue weighted by atomic mass is 9.94. The molecule has 11 nitrogen and oxygen atoms in total. The molecule has 1 aromatic heterocycles. The summed E-state index contributed by atoms with van der Waals surface area (Å²) in [7, 11) is 1.56. The van der Waals surface area contributed by atoms with Crippen LogP contribution in [-0.4, -0.2) is 44.2 Å². The van der Waals surface area contributed by atoms with Crippen molar-refractivity contribution in [3.63, 3.8) is 0 Å². The van der Waals surface area contributed by atoms with E-state index in [9.17, 15) is 19.2 Å². The highest BCUT2D eigenvalue weighted by atomic mass is 16.5. The van der Waals surface area contributed by atoms with E-state index in [1.165, 1.54) is 42.7 Å². The summed E-state index contributed by atoms with van der Waals surface area (Å²) >= 11 is 0. The summed E-state index contributed by atoms with van der Waals surface area (Å²) in [6.45, 7) is 4.20. The number of carbonyl (C=O) groups is 4. The van der Waals surface area contributed by atoms with Crippen molar-refractivity contribution in [1.29, 1.82) is 0 Å². The Bertz CT molecular complexity index is 1690. The van der Waals surface area contributed by atoms with Gasteiger partial charge in [0, 0.05) is 6.08 Å². The summed E-state index contributed by atoms with van der Waals surface area (Å²) in [5, 5.41) is 0. The summed E-state index contributed by atoms with van der Waals surface area (Å²) < 4.78 is 37.5. The maximum atomic E-state index is 12.8. The zero-order valence-corrected chi connectivity index (χ0v) is 28.2. The van der Waals surface area contributed by atoms with Crippen molar-refractivity contribution in [2.24, 2.45) is 11.8 Å². The zero-order chi connectivity index (χ0) is 35.7. The van der Waals surface area contributed by atoms with Gasteiger partial charge in [-0.15, -0.1) is 0 Å². The van der Waals surface area contributed by atoms with E-state index in [2.05, 4.69) is 0 Å². The SMILES string of the molecule is CCC(CC(C)C(=O)OCCCCOc1ccc(C(=O)Oc2ccc(OC)cc2)cc1)C(=O)Oc1ccc(OC(=O)/C=C/c2ccco2)cc1. The number of hydrogen-bond donors (Lipinski definition) is 0. The number of hydrogen-bond acceptors (Lipinski definition) is 11. The van der Waals surface area contributed by atoms with E-state index in [0.717, 1.165) is 0 Å². The monoisotopic (exact) mass is 684 g/mol. The number of furan rings is 1. The molecule has 0 N–H and O–H groups in total. The van der Waals surface area contributed by atoms with E-state index in [1.54, 1.807) is 74.7 Å². The standard InChI is InChI=1S/C39H40O11/c1-4-28(38(42)49-35-19-17-33(18-20-35)48-36(40)22-21-31-8-7-25-46-31)26-27(2)37(41)47-24-6-5-23-45-32-11-9-29(10-12-32)39(43)50-34-15-13-30(44-3)14-16-34/h7-22,25,27-28H,4-6,23-24,26H2,1-3H3/b22-21+. The zero-order valence-electron chi connectivity index (χ0n) is 28.2. The van der Waals surface area contributed by atoms with E-state index >= 15 is 0 Å². The van der Waals surface area contributed by atoms with Crippen molar-refractivity contribution in [1.82, 2.24) is 0 Å². The van der Waals surface area contributed by atoms with Gasteiger partial charge in [-0.3, -0.25) is 9.59 Å². The first kappa shape index (κ1) is 37.0. The lowest BCUT2D eigenvalue weighted by molar-refractivity contribution is -0.149. The third-order valence-electron chi connectivity index (χ3n) is 7.47. The van der Waals surface area contributed by atoms with E-state index in [0.29, 0.717) is 60.2 Å². The smallest absolute Gasteiger partial charge is 0.343 e. The molecule has 4 rings (SSSR count). The van der Waals surface area contributed by atoms with Crippen molar-refractivity contribution in [3.05, 3.63) is 109 Å². The fourth-order valence-corrected chi connectivity index (χ4v) is 4.62. The predicted molar refractivity (Wildman–Crippen MR) is 183 cm³/mol. The molecule has 1 heterocycles. The van der Waals surface area contributed by atoms with Crippen LogP contribution >= 0.6 is 0 Å². The van der Waals surface area contributed by atoms with Gasteiger partial charge >= 0.3 is 23.9 Å². The summed E-state index contributed by atoms with van der Waals surface area (Å²) in [4.78, 5) is 49.8. The molecule has 0 bridgehead atoms. The van der Waals surface area contributed by atoms with Crippen LogP contribution in [0.4, 0.5) is 0 Å². The average molecular weight is 685 g/mol. The lowest BCUT2D eigenvalue weighted by Gasteiger charge is -2.18. The first-order valence-corrected chi connectivity index (χ1v) is 16.2. The van der Waals surface area contributed by atoms with Gasteiger partial charge in [0.2, 0.25) is 0 Å². The van der Waals surface area contributed by atoms with Gasteiger partial charge in [0.25, 0.3) is 0 Å². The Labute approximate surface area is 290 Å². The van der Waals surface area contributed by atoms with Crippen LogP contribution in [0.1, 0.15) is 55.6 Å². The quantitative estimate of drug-likeness (QED) is 0.0446. The minimum Gasteiger partial charge on any atom is -0.497 e. The predicted octanol–water partition coefficient (Wildman–Crippen LogP) is 7.49. The number of benzene rings is 3. The molecule has 262 valence electrons. The fraction of sp³-hybridized carbons (Fsp3) is 0.282. The van der Waals surface area contributed by atoms with Crippen LogP contribution in [0.5, 0.6) is 28.7 Å². The molecule has 0 radical (unpaired) electrons.